The summed E-state index contributed by atoms with van der Waals surface area (Å²) in [5.74, 6) is 0. The van der Waals surface area contributed by atoms with Gasteiger partial charge >= 0.3 is 0 Å². The van der Waals surface area contributed by atoms with Gasteiger partial charge in [0.2, 0.25) is 0 Å². The molecule has 68 valence electrons. The first kappa shape index (κ1) is 11.3. The van der Waals surface area contributed by atoms with E-state index in [1.54, 1.807) is 12.2 Å². The second kappa shape index (κ2) is 5.91. The fourth-order valence-electron chi connectivity index (χ4n) is 0.807. The summed E-state index contributed by atoms with van der Waals surface area (Å²) in [4.78, 5) is 0.759. The molecule has 0 aromatic carbocycles. The van der Waals surface area contributed by atoms with Crippen molar-refractivity contribution >= 4 is 11.0 Å². The van der Waals surface area contributed by atoms with Gasteiger partial charge in [-0.25, -0.2) is 8.93 Å². The maximum absolute atomic E-state index is 11.0. The highest BCUT2D eigenvalue weighted by Crippen LogP contribution is 2.15. The van der Waals surface area contributed by atoms with Gasteiger partial charge in [-0.15, -0.1) is 0 Å². The Labute approximate surface area is 76.6 Å². The monoisotopic (exact) mass is 185 g/mol. The fraction of sp³-hybridized carbons (Fsp3) is 0.333. The molecule has 12 heavy (non-hydrogen) atoms. The minimum atomic E-state index is -1.05. The molecule has 0 bridgehead atoms. The third-order valence-electron chi connectivity index (χ3n) is 1.34. The van der Waals surface area contributed by atoms with E-state index < -0.39 is 11.0 Å². The largest absolute Gasteiger partial charge is 0.237 e. The van der Waals surface area contributed by atoms with Gasteiger partial charge in [-0.2, -0.15) is 0 Å². The summed E-state index contributed by atoms with van der Waals surface area (Å²) in [5.41, 5.74) is 0.980. The quantitative estimate of drug-likeness (QED) is 0.699. The minimum absolute atomic E-state index is 0.636. The third-order valence-corrected chi connectivity index (χ3v) is 2.58. The molecule has 0 saturated carbocycles. The molecule has 0 aromatic rings. The Morgan fingerprint density at radius 3 is 2.33 bits per heavy atom. The molecule has 1 N–H and O–H groups in total. The minimum Gasteiger partial charge on any atom is -0.237 e. The molecule has 0 fully saturated rings. The van der Waals surface area contributed by atoms with Crippen LogP contribution >= 0.6 is 0 Å². The van der Waals surface area contributed by atoms with Gasteiger partial charge in [0.15, 0.2) is 0 Å². The van der Waals surface area contributed by atoms with Gasteiger partial charge in [-0.3, -0.25) is 0 Å². The predicted octanol–water partition coefficient (Wildman–Crippen LogP) is 1.91. The Kier molecular flexibility index (Phi) is 5.58. The van der Waals surface area contributed by atoms with Gasteiger partial charge in [-0.1, -0.05) is 39.2 Å². The Balaban J connectivity index is 0.000000561. The van der Waals surface area contributed by atoms with Crippen LogP contribution in [0.3, 0.4) is 0 Å². The molecule has 3 heteroatoms. The molecule has 0 radical (unpaired) electrons. The Morgan fingerprint density at radius 2 is 2.00 bits per heavy atom. The van der Waals surface area contributed by atoms with E-state index in [1.807, 2.05) is 13.8 Å². The smallest absolute Gasteiger partial charge is 0.125 e. The van der Waals surface area contributed by atoms with Crippen LogP contribution in [0.25, 0.3) is 0 Å². The van der Waals surface area contributed by atoms with Crippen molar-refractivity contribution in [3.05, 3.63) is 35.8 Å². The zero-order valence-electron chi connectivity index (χ0n) is 7.59. The second-order valence-corrected chi connectivity index (χ2v) is 3.15. The van der Waals surface area contributed by atoms with Crippen LogP contribution in [-0.4, -0.2) is 10.8 Å². The second-order valence-electron chi connectivity index (χ2n) is 1.89. The van der Waals surface area contributed by atoms with Crippen LogP contribution in [0.1, 0.15) is 13.8 Å². The van der Waals surface area contributed by atoms with Gasteiger partial charge in [0.25, 0.3) is 0 Å². The van der Waals surface area contributed by atoms with Crippen LogP contribution in [0.4, 0.5) is 0 Å². The van der Waals surface area contributed by atoms with Gasteiger partial charge < -0.3 is 0 Å². The molecule has 0 aliphatic carbocycles. The summed E-state index contributed by atoms with van der Waals surface area (Å²) in [5, 5.41) is 0. The first-order chi connectivity index (χ1) is 5.79. The molecule has 1 unspecified atom stereocenters. The highest BCUT2D eigenvalue weighted by atomic mass is 32.2. The van der Waals surface area contributed by atoms with Crippen molar-refractivity contribution in [2.24, 2.45) is 0 Å². The Hall–Kier alpha value is -0.670. The van der Waals surface area contributed by atoms with E-state index in [0.29, 0.717) is 6.54 Å². The Morgan fingerprint density at radius 1 is 1.42 bits per heavy atom. The first-order valence-electron chi connectivity index (χ1n) is 3.93. The zero-order chi connectivity index (χ0) is 9.56. The lowest BCUT2D eigenvalue weighted by atomic mass is 10.2. The van der Waals surface area contributed by atoms with E-state index in [1.165, 1.54) is 0 Å². The molecular weight excluding hydrogens is 170 g/mol. The molecular formula is C9H15NOS. The molecule has 0 amide bonds. The normalized spacial score (nSPS) is 21.3. The van der Waals surface area contributed by atoms with Crippen molar-refractivity contribution in [3.63, 3.8) is 0 Å². The molecule has 1 rings (SSSR count). The van der Waals surface area contributed by atoms with Crippen LogP contribution in [0, 0.1) is 0 Å². The molecule has 2 nitrogen and oxygen atoms in total. The maximum Gasteiger partial charge on any atom is 0.125 e. The van der Waals surface area contributed by atoms with Gasteiger partial charge in [0, 0.05) is 6.54 Å². The van der Waals surface area contributed by atoms with Crippen LogP contribution < -0.4 is 4.72 Å². The molecule has 1 aliphatic heterocycles. The van der Waals surface area contributed by atoms with E-state index in [4.69, 9.17) is 0 Å². The molecule has 1 atom stereocenters. The fourth-order valence-corrected chi connectivity index (χ4v) is 1.79. The highest BCUT2D eigenvalue weighted by Gasteiger charge is 2.15. The molecule has 1 aliphatic rings. The number of rotatable bonds is 2. The van der Waals surface area contributed by atoms with Gasteiger partial charge in [0.05, 0.1) is 4.91 Å². The lowest BCUT2D eigenvalue weighted by Gasteiger charge is -1.89. The van der Waals surface area contributed by atoms with E-state index >= 15 is 0 Å². The van der Waals surface area contributed by atoms with Crippen LogP contribution in [0.15, 0.2) is 35.8 Å². The summed E-state index contributed by atoms with van der Waals surface area (Å²) >= 11 is 0. The standard InChI is InChI=1S/C7H9NOS.C2H6/c1-3-6-5-8-10(9)7(6)4-2;1-2/h3-4,8H,1-2,5H2;1-2H3. The average molecular weight is 185 g/mol. The third kappa shape index (κ3) is 2.43. The molecule has 0 aromatic heterocycles. The summed E-state index contributed by atoms with van der Waals surface area (Å²) < 4.78 is 13.8. The number of nitrogens with one attached hydrogen (secondary N) is 1. The van der Waals surface area contributed by atoms with Crippen LogP contribution in [0.5, 0.6) is 0 Å². The SMILES string of the molecule is C=CC1=C(C=C)S(=O)NC1.CC. The van der Waals surface area contributed by atoms with Gasteiger partial charge in [-0.05, 0) is 5.57 Å². The first-order valence-corrected chi connectivity index (χ1v) is 5.08. The highest BCUT2D eigenvalue weighted by molar-refractivity contribution is 7.87. The van der Waals surface area contributed by atoms with Crippen LogP contribution in [0.2, 0.25) is 0 Å². The van der Waals surface area contributed by atoms with Gasteiger partial charge in [0.1, 0.15) is 11.0 Å². The number of hydrogen-bond donors (Lipinski definition) is 1. The predicted molar refractivity (Wildman–Crippen MR) is 54.9 cm³/mol. The summed E-state index contributed by atoms with van der Waals surface area (Å²) in [6.07, 6.45) is 3.31. The summed E-state index contributed by atoms with van der Waals surface area (Å²) in [6.45, 7) is 11.8. The lowest BCUT2D eigenvalue weighted by Crippen LogP contribution is -2.09. The van der Waals surface area contributed by atoms with E-state index in [9.17, 15) is 4.21 Å². The number of hydrogen-bond acceptors (Lipinski definition) is 1. The topological polar surface area (TPSA) is 29.1 Å². The summed E-state index contributed by atoms with van der Waals surface area (Å²) in [6, 6.07) is 0. The van der Waals surface area contributed by atoms with E-state index in [-0.39, 0.29) is 0 Å². The maximum atomic E-state index is 11.0. The van der Waals surface area contributed by atoms with E-state index in [2.05, 4.69) is 17.9 Å². The molecule has 0 saturated heterocycles. The lowest BCUT2D eigenvalue weighted by molar-refractivity contribution is 0.683. The van der Waals surface area contributed by atoms with Crippen molar-refractivity contribution in [2.75, 3.05) is 6.54 Å². The summed E-state index contributed by atoms with van der Waals surface area (Å²) in [7, 11) is -1.05. The molecule has 0 spiro atoms. The van der Waals surface area contributed by atoms with Crippen molar-refractivity contribution < 1.29 is 4.21 Å². The molecule has 1 heterocycles. The van der Waals surface area contributed by atoms with Crippen molar-refractivity contribution in [2.45, 2.75) is 13.8 Å². The van der Waals surface area contributed by atoms with E-state index in [0.717, 1.165) is 10.5 Å². The van der Waals surface area contributed by atoms with Crippen LogP contribution in [-0.2, 0) is 11.0 Å². The number of allylic oxidation sites excluding steroid dienone is 1. The van der Waals surface area contributed by atoms with Crippen molar-refractivity contribution in [1.82, 2.24) is 4.72 Å². The average Bonchev–Trinajstić information content (AvgIpc) is 2.49. The zero-order valence-corrected chi connectivity index (χ0v) is 8.41. The van der Waals surface area contributed by atoms with Crippen molar-refractivity contribution in [1.29, 1.82) is 0 Å². The van der Waals surface area contributed by atoms with Crippen molar-refractivity contribution in [3.8, 4) is 0 Å². The Bertz CT molecular complexity index is 231.